The highest BCUT2D eigenvalue weighted by molar-refractivity contribution is 6.29. The lowest BCUT2D eigenvalue weighted by molar-refractivity contribution is 0.0655. The molecule has 4 rings (SSSR count). The molecular formula is C24H20ClN3O3. The van der Waals surface area contributed by atoms with Crippen LogP contribution in [0.1, 0.15) is 42.2 Å². The number of aromatic nitrogens is 1. The Morgan fingerprint density at radius 3 is 2.42 bits per heavy atom. The van der Waals surface area contributed by atoms with Gasteiger partial charge in [0.25, 0.3) is 17.7 Å². The van der Waals surface area contributed by atoms with Crippen LogP contribution in [0.3, 0.4) is 0 Å². The van der Waals surface area contributed by atoms with Crippen molar-refractivity contribution in [1.29, 1.82) is 0 Å². The fourth-order valence-electron chi connectivity index (χ4n) is 3.58. The van der Waals surface area contributed by atoms with Crippen molar-refractivity contribution in [3.05, 3.63) is 99.8 Å². The van der Waals surface area contributed by atoms with Gasteiger partial charge in [0.2, 0.25) is 0 Å². The molecule has 3 aromatic rings. The Kier molecular flexibility index (Phi) is 5.82. The quantitative estimate of drug-likeness (QED) is 0.437. The third kappa shape index (κ3) is 4.34. The van der Waals surface area contributed by atoms with E-state index in [2.05, 4.69) is 4.98 Å². The van der Waals surface area contributed by atoms with Crippen LogP contribution in [0.25, 0.3) is 0 Å². The van der Waals surface area contributed by atoms with Crippen LogP contribution in [0.15, 0.2) is 66.9 Å². The minimum Gasteiger partial charge on any atom is -0.337 e. The molecule has 0 bridgehead atoms. The molecule has 1 aromatic heterocycles. The number of hydrogen-bond donors (Lipinski definition) is 0. The molecule has 0 radical (unpaired) electrons. The summed E-state index contributed by atoms with van der Waals surface area (Å²) in [5.74, 6) is -0.939. The summed E-state index contributed by atoms with van der Waals surface area (Å²) in [5, 5.41) is 0.386. The van der Waals surface area contributed by atoms with Crippen molar-refractivity contribution in [2.75, 3.05) is 13.6 Å². The van der Waals surface area contributed by atoms with Gasteiger partial charge in [-0.2, -0.15) is 0 Å². The zero-order chi connectivity index (χ0) is 22.0. The van der Waals surface area contributed by atoms with Gasteiger partial charge in [0.05, 0.1) is 11.1 Å². The second-order valence-corrected chi connectivity index (χ2v) is 7.80. The van der Waals surface area contributed by atoms with Gasteiger partial charge in [-0.25, -0.2) is 4.98 Å². The van der Waals surface area contributed by atoms with Crippen LogP contribution in [-0.4, -0.2) is 46.1 Å². The molecule has 0 N–H and O–H groups in total. The lowest BCUT2D eigenvalue weighted by atomic mass is 10.0. The summed E-state index contributed by atoms with van der Waals surface area (Å²) < 4.78 is 0. The first kappa shape index (κ1) is 20.8. The molecule has 1 aliphatic rings. The van der Waals surface area contributed by atoms with Crippen molar-refractivity contribution in [3.8, 4) is 0 Å². The van der Waals surface area contributed by atoms with Crippen LogP contribution in [0.2, 0.25) is 5.15 Å². The zero-order valence-corrected chi connectivity index (χ0v) is 17.7. The number of imide groups is 1. The molecule has 3 amide bonds. The van der Waals surface area contributed by atoms with Crippen molar-refractivity contribution in [3.63, 3.8) is 0 Å². The Hall–Kier alpha value is -3.51. The van der Waals surface area contributed by atoms with E-state index < -0.39 is 0 Å². The first-order chi connectivity index (χ1) is 14.9. The molecule has 0 spiro atoms. The molecule has 6 nitrogen and oxygen atoms in total. The third-order valence-corrected chi connectivity index (χ3v) is 5.46. The monoisotopic (exact) mass is 433 g/mol. The Morgan fingerprint density at radius 2 is 1.71 bits per heavy atom. The van der Waals surface area contributed by atoms with Crippen LogP contribution in [0.5, 0.6) is 0 Å². The first-order valence-electron chi connectivity index (χ1n) is 9.84. The van der Waals surface area contributed by atoms with E-state index in [4.69, 9.17) is 11.6 Å². The number of carbonyl (C=O) groups excluding carboxylic acids is 3. The molecule has 2 heterocycles. The van der Waals surface area contributed by atoms with Gasteiger partial charge in [-0.1, -0.05) is 48.0 Å². The molecular weight excluding hydrogens is 414 g/mol. The molecule has 31 heavy (non-hydrogen) atoms. The number of halogens is 1. The summed E-state index contributed by atoms with van der Waals surface area (Å²) in [6, 6.07) is 17.8. The number of benzene rings is 2. The predicted molar refractivity (Wildman–Crippen MR) is 117 cm³/mol. The minimum atomic E-state index is -0.366. The number of nitrogens with zero attached hydrogens (tertiary/aromatic N) is 3. The second-order valence-electron chi connectivity index (χ2n) is 7.41. The average Bonchev–Trinajstić information content (AvgIpc) is 3.03. The maximum atomic E-state index is 12.9. The van der Waals surface area contributed by atoms with E-state index >= 15 is 0 Å². The molecule has 0 saturated heterocycles. The van der Waals surface area contributed by atoms with Gasteiger partial charge >= 0.3 is 0 Å². The van der Waals surface area contributed by atoms with E-state index in [1.807, 2.05) is 30.3 Å². The van der Waals surface area contributed by atoms with Crippen LogP contribution >= 0.6 is 11.6 Å². The molecule has 0 aliphatic carbocycles. The van der Waals surface area contributed by atoms with Crippen molar-refractivity contribution in [1.82, 2.24) is 14.8 Å². The summed E-state index contributed by atoms with van der Waals surface area (Å²) in [5.41, 5.74) is 2.84. The lowest BCUT2D eigenvalue weighted by Crippen LogP contribution is -2.31. The van der Waals surface area contributed by atoms with Crippen molar-refractivity contribution in [2.45, 2.75) is 13.0 Å². The number of amides is 3. The Bertz CT molecular complexity index is 1150. The summed E-state index contributed by atoms with van der Waals surface area (Å²) in [4.78, 5) is 45.2. The molecule has 156 valence electrons. The van der Waals surface area contributed by atoms with E-state index in [1.54, 1.807) is 37.5 Å². The highest BCUT2D eigenvalue weighted by atomic mass is 35.5. The summed E-state index contributed by atoms with van der Waals surface area (Å²) in [6.07, 6.45) is 2.19. The molecule has 2 aromatic carbocycles. The van der Waals surface area contributed by atoms with Crippen LogP contribution in [-0.2, 0) is 13.0 Å². The van der Waals surface area contributed by atoms with E-state index in [9.17, 15) is 14.4 Å². The molecule has 1 aliphatic heterocycles. The largest absolute Gasteiger partial charge is 0.337 e. The van der Waals surface area contributed by atoms with Crippen LogP contribution < -0.4 is 0 Å². The zero-order valence-electron chi connectivity index (χ0n) is 16.9. The van der Waals surface area contributed by atoms with E-state index in [-0.39, 0.29) is 23.3 Å². The number of hydrogen-bond acceptors (Lipinski definition) is 4. The topological polar surface area (TPSA) is 70.6 Å². The number of carbonyl (C=O) groups is 3. The fraction of sp³-hybridized carbons (Fsp3) is 0.167. The smallest absolute Gasteiger partial charge is 0.261 e. The van der Waals surface area contributed by atoms with E-state index in [1.165, 1.54) is 15.9 Å². The average molecular weight is 434 g/mol. The van der Waals surface area contributed by atoms with Gasteiger partial charge in [0, 0.05) is 31.9 Å². The van der Waals surface area contributed by atoms with Gasteiger partial charge in [0.15, 0.2) is 0 Å². The van der Waals surface area contributed by atoms with E-state index in [0.717, 1.165) is 11.1 Å². The minimum absolute atomic E-state index is 0.249. The maximum absolute atomic E-state index is 12.9. The molecule has 0 unspecified atom stereocenters. The molecule has 7 heteroatoms. The third-order valence-electron chi connectivity index (χ3n) is 5.24. The molecule has 0 fully saturated rings. The highest BCUT2D eigenvalue weighted by Crippen LogP contribution is 2.25. The SMILES string of the molecule is CN(Cc1ccc(Cl)nc1)C(=O)c1ccc2c(c1)C(=O)N(CCc1ccccc1)C2=O. The normalized spacial score (nSPS) is 12.8. The first-order valence-corrected chi connectivity index (χ1v) is 10.2. The number of fused-ring (bicyclic) bond motifs is 1. The molecule has 0 atom stereocenters. The van der Waals surface area contributed by atoms with Crippen LogP contribution in [0, 0.1) is 0 Å². The maximum Gasteiger partial charge on any atom is 0.261 e. The Labute approximate surface area is 185 Å². The van der Waals surface area contributed by atoms with Crippen LogP contribution in [0.4, 0.5) is 0 Å². The van der Waals surface area contributed by atoms with E-state index in [0.29, 0.717) is 35.8 Å². The highest BCUT2D eigenvalue weighted by Gasteiger charge is 2.35. The van der Waals surface area contributed by atoms with Gasteiger partial charge < -0.3 is 4.90 Å². The Balaban J connectivity index is 1.48. The number of rotatable bonds is 6. The van der Waals surface area contributed by atoms with Crippen molar-refractivity contribution >= 4 is 29.3 Å². The summed E-state index contributed by atoms with van der Waals surface area (Å²) >= 11 is 5.80. The lowest BCUT2D eigenvalue weighted by Gasteiger charge is -2.17. The van der Waals surface area contributed by atoms with Crippen molar-refractivity contribution < 1.29 is 14.4 Å². The second kappa shape index (κ2) is 8.70. The standard InChI is InChI=1S/C24H20ClN3O3/c1-27(15-17-7-10-21(25)26-14-17)22(29)18-8-9-19-20(13-18)24(31)28(23(19)30)12-11-16-5-3-2-4-6-16/h2-10,13-14H,11-12,15H2,1H3. The fourth-order valence-corrected chi connectivity index (χ4v) is 3.69. The summed E-state index contributed by atoms with van der Waals surface area (Å²) in [6.45, 7) is 0.638. The molecule has 0 saturated carbocycles. The number of pyridine rings is 1. The van der Waals surface area contributed by atoms with Gasteiger partial charge in [0.1, 0.15) is 5.15 Å². The van der Waals surface area contributed by atoms with Gasteiger partial charge in [-0.05, 0) is 41.8 Å². The van der Waals surface area contributed by atoms with Gasteiger partial charge in [-0.15, -0.1) is 0 Å². The Morgan fingerprint density at radius 1 is 0.968 bits per heavy atom. The van der Waals surface area contributed by atoms with Crippen molar-refractivity contribution in [2.24, 2.45) is 0 Å². The van der Waals surface area contributed by atoms with Gasteiger partial charge in [-0.3, -0.25) is 19.3 Å². The summed E-state index contributed by atoms with van der Waals surface area (Å²) in [7, 11) is 1.67. The predicted octanol–water partition coefficient (Wildman–Crippen LogP) is 3.85.